The molecule has 5 nitrogen and oxygen atoms in total. The molecule has 32 heavy (non-hydrogen) atoms. The molecular weight excluding hydrogens is 402 g/mol. The molecule has 1 atom stereocenters. The van der Waals surface area contributed by atoms with Gasteiger partial charge in [0.15, 0.2) is 0 Å². The molecule has 0 saturated heterocycles. The Morgan fingerprint density at radius 2 is 1.12 bits per heavy atom. The number of unbranched alkanes of at least 4 members (excludes halogenated alkanes) is 15. The van der Waals surface area contributed by atoms with Gasteiger partial charge in [-0.05, 0) is 19.3 Å². The second-order valence-corrected chi connectivity index (χ2v) is 8.83. The monoisotopic (exact) mass is 453 g/mol. The lowest BCUT2D eigenvalue weighted by molar-refractivity contribution is -0.146. The van der Waals surface area contributed by atoms with Crippen LogP contribution in [0, 0.1) is 0 Å². The molecule has 0 aliphatic carbocycles. The molecule has 0 aliphatic rings. The molecule has 1 N–H and O–H groups in total. The summed E-state index contributed by atoms with van der Waals surface area (Å²) in [7, 11) is 0. The predicted octanol–water partition coefficient (Wildman–Crippen LogP) is 7.87. The lowest BCUT2D eigenvalue weighted by Crippen LogP contribution is -2.42. The Balaban J connectivity index is 3.57. The third kappa shape index (κ3) is 20.4. The van der Waals surface area contributed by atoms with Gasteiger partial charge in [-0.2, -0.15) is 0 Å². The van der Waals surface area contributed by atoms with Gasteiger partial charge in [-0.1, -0.05) is 116 Å². The summed E-state index contributed by atoms with van der Waals surface area (Å²) < 4.78 is 10.4. The average molecular weight is 454 g/mol. The van der Waals surface area contributed by atoms with Gasteiger partial charge < -0.3 is 14.8 Å². The van der Waals surface area contributed by atoms with Crippen LogP contribution in [0.5, 0.6) is 0 Å². The molecule has 0 aromatic rings. The predicted molar refractivity (Wildman–Crippen MR) is 134 cm³/mol. The number of rotatable bonds is 23. The molecule has 0 aromatic heterocycles. The lowest BCUT2D eigenvalue weighted by atomic mass is 10.0. The van der Waals surface area contributed by atoms with Crippen LogP contribution in [0.15, 0.2) is 12.7 Å². The van der Waals surface area contributed by atoms with E-state index in [0.717, 1.165) is 25.7 Å². The van der Waals surface area contributed by atoms with Crippen molar-refractivity contribution in [3.05, 3.63) is 12.7 Å². The second-order valence-electron chi connectivity index (χ2n) is 8.83. The zero-order valence-corrected chi connectivity index (χ0v) is 21.1. The third-order valence-electron chi connectivity index (χ3n) is 5.70. The number of hydrogen-bond acceptors (Lipinski definition) is 4. The van der Waals surface area contributed by atoms with Gasteiger partial charge in [0.1, 0.15) is 6.04 Å². The molecule has 188 valence electrons. The van der Waals surface area contributed by atoms with Gasteiger partial charge in [-0.15, -0.1) is 6.58 Å². The average Bonchev–Trinajstić information content (AvgIpc) is 2.78. The van der Waals surface area contributed by atoms with Crippen molar-refractivity contribution in [1.82, 2.24) is 5.32 Å². The van der Waals surface area contributed by atoms with E-state index in [0.29, 0.717) is 19.6 Å². The van der Waals surface area contributed by atoms with Crippen molar-refractivity contribution >= 4 is 12.1 Å². The van der Waals surface area contributed by atoms with Gasteiger partial charge in [0.2, 0.25) is 0 Å². The van der Waals surface area contributed by atoms with Gasteiger partial charge in [0.05, 0.1) is 13.2 Å². The molecule has 0 rings (SSSR count). The highest BCUT2D eigenvalue weighted by molar-refractivity contribution is 5.81. The highest BCUT2D eigenvalue weighted by atomic mass is 16.6. The van der Waals surface area contributed by atoms with Crippen LogP contribution >= 0.6 is 0 Å². The zero-order valence-electron chi connectivity index (χ0n) is 21.1. The van der Waals surface area contributed by atoms with Crippen molar-refractivity contribution in [3.63, 3.8) is 0 Å². The summed E-state index contributed by atoms with van der Waals surface area (Å²) in [6, 6.07) is -0.724. The molecule has 0 aromatic carbocycles. The van der Waals surface area contributed by atoms with Crippen LogP contribution in [0.3, 0.4) is 0 Å². The smallest absolute Gasteiger partial charge is 0.407 e. The number of amides is 1. The largest absolute Gasteiger partial charge is 0.464 e. The van der Waals surface area contributed by atoms with E-state index in [-0.39, 0.29) is 0 Å². The van der Waals surface area contributed by atoms with Crippen LogP contribution in [-0.2, 0) is 14.3 Å². The molecule has 0 aliphatic heterocycles. The fraction of sp³-hybridized carbons (Fsp3) is 0.852. The van der Waals surface area contributed by atoms with E-state index in [1.54, 1.807) is 6.08 Å². The standard InChI is InChI=1S/C27H51NO4/c1-4-7-9-10-11-12-13-14-15-16-17-18-19-20-21-24-31-26(29)25(22-6-3)28-27(30)32-23-8-5-2/h6,25H,3-5,7-24H2,1-2H3,(H,28,30). The molecule has 0 saturated carbocycles. The first-order valence-electron chi connectivity index (χ1n) is 13.4. The van der Waals surface area contributed by atoms with Crippen LogP contribution < -0.4 is 5.32 Å². The zero-order chi connectivity index (χ0) is 23.7. The van der Waals surface area contributed by atoms with E-state index < -0.39 is 18.1 Å². The second kappa shape index (κ2) is 24.1. The number of carbonyl (C=O) groups excluding carboxylic acids is 2. The van der Waals surface area contributed by atoms with E-state index in [1.807, 2.05) is 6.92 Å². The maximum absolute atomic E-state index is 12.2. The first-order chi connectivity index (χ1) is 15.7. The Hall–Kier alpha value is -1.52. The van der Waals surface area contributed by atoms with Crippen LogP contribution in [0.1, 0.15) is 129 Å². The summed E-state index contributed by atoms with van der Waals surface area (Å²) in [6.45, 7) is 8.70. The fourth-order valence-corrected chi connectivity index (χ4v) is 3.62. The van der Waals surface area contributed by atoms with Crippen LogP contribution in [0.4, 0.5) is 4.79 Å². The molecule has 0 fully saturated rings. The summed E-state index contributed by atoms with van der Waals surface area (Å²) in [5.74, 6) is -0.414. The molecule has 5 heteroatoms. The Bertz CT molecular complexity index is 453. The van der Waals surface area contributed by atoms with E-state index >= 15 is 0 Å². The quantitative estimate of drug-likeness (QED) is 0.0971. The minimum atomic E-state index is -0.724. The van der Waals surface area contributed by atoms with Crippen molar-refractivity contribution < 1.29 is 19.1 Å². The Kier molecular flexibility index (Phi) is 23.0. The topological polar surface area (TPSA) is 64.6 Å². The highest BCUT2D eigenvalue weighted by Gasteiger charge is 2.21. The number of alkyl carbamates (subject to hydrolysis) is 1. The maximum atomic E-state index is 12.2. The summed E-state index contributed by atoms with van der Waals surface area (Å²) in [5, 5.41) is 2.57. The highest BCUT2D eigenvalue weighted by Crippen LogP contribution is 2.13. The van der Waals surface area contributed by atoms with Gasteiger partial charge in [-0.25, -0.2) is 9.59 Å². The molecule has 0 spiro atoms. The fourth-order valence-electron chi connectivity index (χ4n) is 3.62. The van der Waals surface area contributed by atoms with Gasteiger partial charge in [-0.3, -0.25) is 0 Å². The Labute approximate surface area is 198 Å². The molecule has 0 bridgehead atoms. The van der Waals surface area contributed by atoms with Crippen LogP contribution in [0.2, 0.25) is 0 Å². The summed E-state index contributed by atoms with van der Waals surface area (Å²) >= 11 is 0. The van der Waals surface area contributed by atoms with Crippen molar-refractivity contribution in [2.24, 2.45) is 0 Å². The number of carbonyl (C=O) groups is 2. The number of esters is 1. The van der Waals surface area contributed by atoms with Crippen LogP contribution in [-0.4, -0.2) is 31.3 Å². The van der Waals surface area contributed by atoms with Gasteiger partial charge >= 0.3 is 12.1 Å². The molecule has 0 radical (unpaired) electrons. The summed E-state index contributed by atoms with van der Waals surface area (Å²) in [6.07, 6.45) is 22.7. The summed E-state index contributed by atoms with van der Waals surface area (Å²) in [5.41, 5.74) is 0. The first kappa shape index (κ1) is 30.5. The minimum Gasteiger partial charge on any atom is -0.464 e. The van der Waals surface area contributed by atoms with E-state index in [9.17, 15) is 9.59 Å². The number of hydrogen-bond donors (Lipinski definition) is 1. The van der Waals surface area contributed by atoms with Crippen molar-refractivity contribution in [2.45, 2.75) is 135 Å². The van der Waals surface area contributed by atoms with Gasteiger partial charge in [0.25, 0.3) is 0 Å². The number of ether oxygens (including phenoxy) is 2. The Morgan fingerprint density at radius 1 is 0.688 bits per heavy atom. The molecule has 0 heterocycles. The lowest BCUT2D eigenvalue weighted by Gasteiger charge is -2.16. The normalized spacial score (nSPS) is 11.7. The number of nitrogens with one attached hydrogen (secondary N) is 1. The molecule has 1 unspecified atom stereocenters. The Morgan fingerprint density at radius 3 is 1.59 bits per heavy atom. The third-order valence-corrected chi connectivity index (χ3v) is 5.70. The van der Waals surface area contributed by atoms with E-state index in [4.69, 9.17) is 9.47 Å². The minimum absolute atomic E-state index is 0.334. The maximum Gasteiger partial charge on any atom is 0.407 e. The van der Waals surface area contributed by atoms with Crippen molar-refractivity contribution in [2.75, 3.05) is 13.2 Å². The van der Waals surface area contributed by atoms with Crippen LogP contribution in [0.25, 0.3) is 0 Å². The van der Waals surface area contributed by atoms with Gasteiger partial charge in [0, 0.05) is 0 Å². The van der Waals surface area contributed by atoms with Crippen molar-refractivity contribution in [1.29, 1.82) is 0 Å². The summed E-state index contributed by atoms with van der Waals surface area (Å²) in [4.78, 5) is 24.0. The molecular formula is C27H51NO4. The van der Waals surface area contributed by atoms with E-state index in [2.05, 4.69) is 18.8 Å². The SMILES string of the molecule is C=CCC(NC(=O)OCCCC)C(=O)OCCCCCCCCCCCCCCCCC. The van der Waals surface area contributed by atoms with Crippen molar-refractivity contribution in [3.8, 4) is 0 Å². The first-order valence-corrected chi connectivity index (χ1v) is 13.4. The molecule has 1 amide bonds. The van der Waals surface area contributed by atoms with E-state index in [1.165, 1.54) is 83.5 Å².